The molecule has 0 amide bonds. The summed E-state index contributed by atoms with van der Waals surface area (Å²) < 4.78 is 26.4. The zero-order valence-electron chi connectivity index (χ0n) is 9.72. The summed E-state index contributed by atoms with van der Waals surface area (Å²) in [6.45, 7) is 3.30. The van der Waals surface area contributed by atoms with Crippen molar-refractivity contribution in [1.29, 1.82) is 0 Å². The largest absolute Gasteiger partial charge is 0.315 e. The quantitative estimate of drug-likeness (QED) is 0.887. The molecule has 18 heavy (non-hydrogen) atoms. The van der Waals surface area contributed by atoms with Gasteiger partial charge in [-0.1, -0.05) is 17.4 Å². The maximum atomic E-state index is 12.0. The number of nitrogens with one attached hydrogen (secondary N) is 2. The van der Waals surface area contributed by atoms with Gasteiger partial charge in [0.25, 0.3) is 10.0 Å². The third-order valence-corrected chi connectivity index (χ3v) is 5.11. The first-order chi connectivity index (χ1) is 8.38. The average molecular weight is 285 g/mol. The monoisotopic (exact) mass is 285 g/mol. The number of hydrogen-bond donors (Lipinski definition) is 2. The zero-order chi connectivity index (χ0) is 13.3. The second-order valence-corrected chi connectivity index (χ2v) is 6.56. The Bertz CT molecular complexity index is 731. The molecule has 0 saturated carbocycles. The van der Waals surface area contributed by atoms with Crippen molar-refractivity contribution in [3.63, 3.8) is 0 Å². The zero-order valence-corrected chi connectivity index (χ0v) is 11.4. The first kappa shape index (κ1) is 12.8. The van der Waals surface area contributed by atoms with Crippen molar-refractivity contribution < 1.29 is 8.42 Å². The van der Waals surface area contributed by atoms with E-state index in [9.17, 15) is 13.2 Å². The molecule has 0 aliphatic carbocycles. The van der Waals surface area contributed by atoms with E-state index in [-0.39, 0.29) is 10.0 Å². The second kappa shape index (κ2) is 4.54. The topological polar surface area (TPSA) is 91.9 Å². The number of rotatable bonds is 3. The van der Waals surface area contributed by atoms with Gasteiger partial charge < -0.3 is 4.98 Å². The fourth-order valence-corrected chi connectivity index (χ4v) is 3.73. The summed E-state index contributed by atoms with van der Waals surface area (Å²) in [5.41, 5.74) is 1.03. The Morgan fingerprint density at radius 2 is 2.06 bits per heavy atom. The molecule has 0 bridgehead atoms. The van der Waals surface area contributed by atoms with Crippen LogP contribution in [0.25, 0.3) is 0 Å². The SMILES string of the molecule is Cc1cccc(NS(=O)(=O)c2sc(=O)[nH]c2C)n1. The van der Waals surface area contributed by atoms with E-state index in [0.29, 0.717) is 22.7 Å². The molecule has 0 aliphatic heterocycles. The Balaban J connectivity index is 2.39. The number of nitrogens with zero attached hydrogens (tertiary/aromatic N) is 1. The van der Waals surface area contributed by atoms with Crippen molar-refractivity contribution >= 4 is 27.2 Å². The van der Waals surface area contributed by atoms with Crippen LogP contribution in [0.2, 0.25) is 0 Å². The fourth-order valence-electron chi connectivity index (χ4n) is 1.43. The van der Waals surface area contributed by atoms with Crippen LogP contribution in [-0.2, 0) is 10.0 Å². The van der Waals surface area contributed by atoms with Gasteiger partial charge in [0.1, 0.15) is 5.82 Å². The normalized spacial score (nSPS) is 11.4. The number of hydrogen-bond acceptors (Lipinski definition) is 5. The van der Waals surface area contributed by atoms with E-state index in [0.717, 1.165) is 0 Å². The maximum absolute atomic E-state index is 12.0. The highest BCUT2D eigenvalue weighted by molar-refractivity contribution is 7.94. The molecule has 2 heterocycles. The fraction of sp³-hybridized carbons (Fsp3) is 0.200. The molecule has 8 heteroatoms. The van der Waals surface area contributed by atoms with Gasteiger partial charge in [-0.05, 0) is 26.0 Å². The van der Waals surface area contributed by atoms with E-state index in [1.54, 1.807) is 25.1 Å². The summed E-state index contributed by atoms with van der Waals surface area (Å²) in [6, 6.07) is 5.01. The van der Waals surface area contributed by atoms with Crippen molar-refractivity contribution in [2.75, 3.05) is 4.72 Å². The predicted octanol–water partition coefficient (Wildman–Crippen LogP) is 1.25. The average Bonchev–Trinajstić information content (AvgIpc) is 2.58. The lowest BCUT2D eigenvalue weighted by atomic mass is 10.4. The molecule has 0 aliphatic rings. The molecule has 96 valence electrons. The van der Waals surface area contributed by atoms with Gasteiger partial charge in [-0.15, -0.1) is 0 Å². The van der Waals surface area contributed by atoms with Gasteiger partial charge in [0.2, 0.25) is 0 Å². The Hall–Kier alpha value is -1.67. The molecule has 2 rings (SSSR count). The summed E-state index contributed by atoms with van der Waals surface area (Å²) in [5.74, 6) is 0.232. The van der Waals surface area contributed by atoms with E-state index in [2.05, 4.69) is 14.7 Å². The van der Waals surface area contributed by atoms with Gasteiger partial charge >= 0.3 is 4.87 Å². The molecule has 0 fully saturated rings. The van der Waals surface area contributed by atoms with Gasteiger partial charge in [-0.2, -0.15) is 0 Å². The van der Waals surface area contributed by atoms with Crippen molar-refractivity contribution in [3.05, 3.63) is 39.3 Å². The first-order valence-corrected chi connectivity index (χ1v) is 7.34. The molecule has 2 aromatic rings. The Kier molecular flexibility index (Phi) is 3.22. The number of anilines is 1. The van der Waals surface area contributed by atoms with E-state index >= 15 is 0 Å². The summed E-state index contributed by atoms with van der Waals surface area (Å²) in [4.78, 5) is 17.2. The number of aromatic amines is 1. The lowest BCUT2D eigenvalue weighted by molar-refractivity contribution is 0.602. The lowest BCUT2D eigenvalue weighted by Gasteiger charge is -2.06. The number of aryl methyl sites for hydroxylation is 2. The lowest BCUT2D eigenvalue weighted by Crippen LogP contribution is -2.13. The van der Waals surface area contributed by atoms with Crippen LogP contribution in [-0.4, -0.2) is 18.4 Å². The van der Waals surface area contributed by atoms with E-state index in [1.165, 1.54) is 6.92 Å². The van der Waals surface area contributed by atoms with Crippen LogP contribution in [0.5, 0.6) is 0 Å². The minimum atomic E-state index is -3.77. The Morgan fingerprint density at radius 1 is 1.33 bits per heavy atom. The van der Waals surface area contributed by atoms with Crippen LogP contribution in [0.4, 0.5) is 5.82 Å². The van der Waals surface area contributed by atoms with Gasteiger partial charge in [0, 0.05) is 11.4 Å². The molecule has 2 aromatic heterocycles. The number of thiazole rings is 1. The van der Waals surface area contributed by atoms with Crippen molar-refractivity contribution in [2.45, 2.75) is 18.1 Å². The summed E-state index contributed by atoms with van der Waals surface area (Å²) >= 11 is 0.655. The van der Waals surface area contributed by atoms with Crippen LogP contribution >= 0.6 is 11.3 Å². The maximum Gasteiger partial charge on any atom is 0.306 e. The van der Waals surface area contributed by atoms with E-state index in [4.69, 9.17) is 0 Å². The summed E-state index contributed by atoms with van der Waals surface area (Å²) in [6.07, 6.45) is 0. The molecule has 0 aromatic carbocycles. The van der Waals surface area contributed by atoms with Crippen molar-refractivity contribution in [1.82, 2.24) is 9.97 Å². The second-order valence-electron chi connectivity index (χ2n) is 3.70. The number of sulfonamides is 1. The summed E-state index contributed by atoms with van der Waals surface area (Å²) in [5, 5.41) is 0. The minimum Gasteiger partial charge on any atom is -0.315 e. The summed E-state index contributed by atoms with van der Waals surface area (Å²) in [7, 11) is -3.77. The smallest absolute Gasteiger partial charge is 0.306 e. The van der Waals surface area contributed by atoms with Gasteiger partial charge in [-0.25, -0.2) is 13.4 Å². The van der Waals surface area contributed by atoms with Crippen molar-refractivity contribution in [3.8, 4) is 0 Å². The number of aromatic nitrogens is 2. The van der Waals surface area contributed by atoms with Gasteiger partial charge in [0.15, 0.2) is 4.21 Å². The highest BCUT2D eigenvalue weighted by Gasteiger charge is 2.21. The third-order valence-electron chi connectivity index (χ3n) is 2.15. The molecule has 0 unspecified atom stereocenters. The van der Waals surface area contributed by atoms with Crippen LogP contribution in [0.3, 0.4) is 0 Å². The Morgan fingerprint density at radius 3 is 2.61 bits per heavy atom. The van der Waals surface area contributed by atoms with Crippen LogP contribution in [0, 0.1) is 13.8 Å². The molecule has 0 saturated heterocycles. The molecule has 0 spiro atoms. The standard InChI is InChI=1S/C10H11N3O3S2/c1-6-4-3-5-8(11-6)13-18(15,16)9-7(2)12-10(14)17-9/h3-5H,1-2H3,(H,11,13)(H,12,14). The van der Waals surface area contributed by atoms with E-state index in [1.807, 2.05) is 0 Å². The van der Waals surface area contributed by atoms with Crippen molar-refractivity contribution in [2.24, 2.45) is 0 Å². The Labute approximate surface area is 108 Å². The van der Waals surface area contributed by atoms with Gasteiger partial charge in [0.05, 0.1) is 0 Å². The first-order valence-electron chi connectivity index (χ1n) is 5.05. The molecule has 0 atom stereocenters. The number of H-pyrrole nitrogens is 1. The number of pyridine rings is 1. The predicted molar refractivity (Wildman–Crippen MR) is 69.5 cm³/mol. The highest BCUT2D eigenvalue weighted by atomic mass is 32.2. The third kappa shape index (κ3) is 2.59. The molecule has 6 nitrogen and oxygen atoms in total. The van der Waals surface area contributed by atoms with Gasteiger partial charge in [-0.3, -0.25) is 9.52 Å². The minimum absolute atomic E-state index is 0.0178. The molecular formula is C10H11N3O3S2. The highest BCUT2D eigenvalue weighted by Crippen LogP contribution is 2.19. The van der Waals surface area contributed by atoms with Crippen LogP contribution in [0.15, 0.2) is 27.2 Å². The van der Waals surface area contributed by atoms with Crippen LogP contribution < -0.4 is 9.60 Å². The molecule has 0 radical (unpaired) electrons. The van der Waals surface area contributed by atoms with E-state index < -0.39 is 14.9 Å². The molecule has 2 N–H and O–H groups in total. The molecular weight excluding hydrogens is 274 g/mol. The van der Waals surface area contributed by atoms with Crippen LogP contribution in [0.1, 0.15) is 11.4 Å².